The second-order valence-electron chi connectivity index (χ2n) is 5.59. The zero-order valence-corrected chi connectivity index (χ0v) is 10.7. The fraction of sp³-hybridized carbons (Fsp3) is 1.00. The van der Waals surface area contributed by atoms with Crippen molar-refractivity contribution in [3.63, 3.8) is 0 Å². The van der Waals surface area contributed by atoms with Gasteiger partial charge in [-0.3, -0.25) is 0 Å². The molecule has 2 aliphatic carbocycles. The van der Waals surface area contributed by atoms with Gasteiger partial charge in [0, 0.05) is 12.6 Å². The van der Waals surface area contributed by atoms with Crippen molar-refractivity contribution < 1.29 is 4.74 Å². The Bertz CT molecular complexity index is 185. The van der Waals surface area contributed by atoms with E-state index >= 15 is 0 Å². The normalized spacial score (nSPS) is 23.8. The Morgan fingerprint density at radius 1 is 1.19 bits per heavy atom. The van der Waals surface area contributed by atoms with E-state index in [-0.39, 0.29) is 0 Å². The van der Waals surface area contributed by atoms with Crippen molar-refractivity contribution >= 4 is 0 Å². The van der Waals surface area contributed by atoms with Gasteiger partial charge in [0.1, 0.15) is 0 Å². The maximum absolute atomic E-state index is 5.87. The minimum atomic E-state index is 0.626. The molecule has 0 bridgehead atoms. The monoisotopic (exact) mass is 225 g/mol. The summed E-state index contributed by atoms with van der Waals surface area (Å²) < 4.78 is 5.87. The third-order valence-electron chi connectivity index (χ3n) is 3.97. The summed E-state index contributed by atoms with van der Waals surface area (Å²) in [6.07, 6.45) is 9.70. The van der Waals surface area contributed by atoms with Crippen LogP contribution in [0.1, 0.15) is 51.9 Å². The highest BCUT2D eigenvalue weighted by Crippen LogP contribution is 2.30. The molecular weight excluding hydrogens is 198 g/mol. The van der Waals surface area contributed by atoms with Gasteiger partial charge >= 0.3 is 0 Å². The van der Waals surface area contributed by atoms with Crippen LogP contribution in [0.15, 0.2) is 0 Å². The first-order valence-corrected chi connectivity index (χ1v) is 7.21. The summed E-state index contributed by atoms with van der Waals surface area (Å²) in [4.78, 5) is 0. The van der Waals surface area contributed by atoms with Gasteiger partial charge in [-0.25, -0.2) is 0 Å². The molecule has 1 atom stereocenters. The Hall–Kier alpha value is -0.0800. The largest absolute Gasteiger partial charge is 0.380 e. The average Bonchev–Trinajstić information content (AvgIpc) is 2.95. The molecule has 16 heavy (non-hydrogen) atoms. The van der Waals surface area contributed by atoms with E-state index in [1.54, 1.807) is 0 Å². The summed E-state index contributed by atoms with van der Waals surface area (Å²) >= 11 is 0. The second-order valence-corrected chi connectivity index (χ2v) is 5.59. The Balaban J connectivity index is 1.66. The molecule has 0 aliphatic heterocycles. The maximum atomic E-state index is 5.87. The predicted octanol–water partition coefficient (Wildman–Crippen LogP) is 2.97. The van der Waals surface area contributed by atoms with Gasteiger partial charge in [-0.15, -0.1) is 0 Å². The van der Waals surface area contributed by atoms with Crippen LogP contribution >= 0.6 is 0 Å². The van der Waals surface area contributed by atoms with E-state index < -0.39 is 0 Å². The Morgan fingerprint density at radius 2 is 1.94 bits per heavy atom. The summed E-state index contributed by atoms with van der Waals surface area (Å²) in [7, 11) is 0. The minimum absolute atomic E-state index is 0.626. The molecule has 2 saturated carbocycles. The van der Waals surface area contributed by atoms with Gasteiger partial charge < -0.3 is 10.1 Å². The summed E-state index contributed by atoms with van der Waals surface area (Å²) in [5.74, 6) is 1.78. The zero-order chi connectivity index (χ0) is 11.2. The molecule has 0 heterocycles. The average molecular weight is 225 g/mol. The molecule has 0 aromatic rings. The van der Waals surface area contributed by atoms with Crippen LogP contribution in [0, 0.1) is 11.8 Å². The summed E-state index contributed by atoms with van der Waals surface area (Å²) in [5.41, 5.74) is 0. The van der Waals surface area contributed by atoms with Crippen LogP contribution in [0.25, 0.3) is 0 Å². The lowest BCUT2D eigenvalue weighted by Gasteiger charge is -2.24. The van der Waals surface area contributed by atoms with Crippen LogP contribution in [-0.4, -0.2) is 25.8 Å². The van der Waals surface area contributed by atoms with E-state index in [2.05, 4.69) is 12.2 Å². The molecule has 1 N–H and O–H groups in total. The molecule has 2 nitrogen and oxygen atoms in total. The van der Waals surface area contributed by atoms with E-state index in [0.29, 0.717) is 6.04 Å². The molecule has 2 rings (SSSR count). The fourth-order valence-corrected chi connectivity index (χ4v) is 2.70. The van der Waals surface area contributed by atoms with Gasteiger partial charge in [-0.2, -0.15) is 0 Å². The zero-order valence-electron chi connectivity index (χ0n) is 10.7. The summed E-state index contributed by atoms with van der Waals surface area (Å²) in [6, 6.07) is 0.626. The number of hydrogen-bond donors (Lipinski definition) is 1. The molecule has 0 aromatic carbocycles. The lowest BCUT2D eigenvalue weighted by Crippen LogP contribution is -2.39. The number of rotatable bonds is 8. The number of hydrogen-bond acceptors (Lipinski definition) is 2. The second kappa shape index (κ2) is 6.61. The predicted molar refractivity (Wildman–Crippen MR) is 67.6 cm³/mol. The first-order valence-electron chi connectivity index (χ1n) is 7.21. The van der Waals surface area contributed by atoms with Gasteiger partial charge in [0.15, 0.2) is 0 Å². The third-order valence-corrected chi connectivity index (χ3v) is 3.97. The highest BCUT2D eigenvalue weighted by molar-refractivity contribution is 4.81. The third kappa shape index (κ3) is 4.06. The maximum Gasteiger partial charge on any atom is 0.0622 e. The van der Waals surface area contributed by atoms with E-state index in [4.69, 9.17) is 4.74 Å². The highest BCUT2D eigenvalue weighted by Gasteiger charge is 2.26. The molecular formula is C14H27NO. The lowest BCUT2D eigenvalue weighted by molar-refractivity contribution is 0.0861. The van der Waals surface area contributed by atoms with Gasteiger partial charge in [0.25, 0.3) is 0 Å². The van der Waals surface area contributed by atoms with Crippen molar-refractivity contribution in [3.8, 4) is 0 Å². The molecule has 0 saturated heterocycles. The molecule has 2 heteroatoms. The van der Waals surface area contributed by atoms with Gasteiger partial charge in [-0.05, 0) is 50.5 Å². The summed E-state index contributed by atoms with van der Waals surface area (Å²) in [6.45, 7) is 5.34. The quantitative estimate of drug-likeness (QED) is 0.685. The minimum Gasteiger partial charge on any atom is -0.380 e. The summed E-state index contributed by atoms with van der Waals surface area (Å²) in [5, 5.41) is 3.68. The van der Waals surface area contributed by atoms with Crippen LogP contribution < -0.4 is 5.32 Å². The molecule has 0 spiro atoms. The van der Waals surface area contributed by atoms with Crippen LogP contribution in [-0.2, 0) is 4.74 Å². The molecule has 0 radical (unpaired) electrons. The number of ether oxygens (including phenoxy) is 1. The van der Waals surface area contributed by atoms with Crippen LogP contribution in [0.2, 0.25) is 0 Å². The van der Waals surface area contributed by atoms with Crippen molar-refractivity contribution in [2.75, 3.05) is 19.8 Å². The van der Waals surface area contributed by atoms with Crippen molar-refractivity contribution in [1.29, 1.82) is 0 Å². The molecule has 1 unspecified atom stereocenters. The van der Waals surface area contributed by atoms with Crippen LogP contribution in [0.5, 0.6) is 0 Å². The molecule has 2 aliphatic rings. The van der Waals surface area contributed by atoms with Crippen molar-refractivity contribution in [2.24, 2.45) is 11.8 Å². The molecule has 0 aromatic heterocycles. The molecule has 2 fully saturated rings. The fourth-order valence-electron chi connectivity index (χ4n) is 2.70. The van der Waals surface area contributed by atoms with Gasteiger partial charge in [0.2, 0.25) is 0 Å². The molecule has 94 valence electrons. The Labute approximate surface area is 100 Å². The smallest absolute Gasteiger partial charge is 0.0622 e. The van der Waals surface area contributed by atoms with Crippen molar-refractivity contribution in [1.82, 2.24) is 5.32 Å². The standard InChI is InChI=1S/C14H27NO/c1-2-9-15-14(13-5-3-4-6-13)11-16-10-12-7-8-12/h12-15H,2-11H2,1H3. The van der Waals surface area contributed by atoms with Crippen molar-refractivity contribution in [3.05, 3.63) is 0 Å². The van der Waals surface area contributed by atoms with E-state index in [9.17, 15) is 0 Å². The topological polar surface area (TPSA) is 21.3 Å². The first kappa shape index (κ1) is 12.4. The first-order chi connectivity index (χ1) is 7.90. The van der Waals surface area contributed by atoms with Crippen LogP contribution in [0.4, 0.5) is 0 Å². The number of nitrogens with one attached hydrogen (secondary N) is 1. The molecule has 0 amide bonds. The SMILES string of the molecule is CCCNC(COCC1CC1)C1CCCC1. The highest BCUT2D eigenvalue weighted by atomic mass is 16.5. The van der Waals surface area contributed by atoms with E-state index in [1.807, 2.05) is 0 Å². The lowest BCUT2D eigenvalue weighted by atomic mass is 9.99. The van der Waals surface area contributed by atoms with Gasteiger partial charge in [-0.1, -0.05) is 19.8 Å². The van der Waals surface area contributed by atoms with E-state index in [1.165, 1.54) is 44.9 Å². The van der Waals surface area contributed by atoms with E-state index in [0.717, 1.165) is 31.6 Å². The van der Waals surface area contributed by atoms with Gasteiger partial charge in [0.05, 0.1) is 6.61 Å². The van der Waals surface area contributed by atoms with Crippen LogP contribution in [0.3, 0.4) is 0 Å². The Morgan fingerprint density at radius 3 is 2.56 bits per heavy atom. The Kier molecular flexibility index (Phi) is 5.11. The van der Waals surface area contributed by atoms with Crippen molar-refractivity contribution in [2.45, 2.75) is 57.9 Å².